The topological polar surface area (TPSA) is 166 Å². The van der Waals surface area contributed by atoms with Crippen LogP contribution in [-0.4, -0.2) is 143 Å². The number of carbonyl (C=O) groups excluding carboxylic acids is 1. The molecule has 0 radical (unpaired) electrons. The lowest BCUT2D eigenvalue weighted by molar-refractivity contribution is -0.318. The first-order valence-corrected chi connectivity index (χ1v) is 18.6. The van der Waals surface area contributed by atoms with Crippen molar-refractivity contribution in [2.45, 2.75) is 185 Å². The molecule has 13 nitrogen and oxygen atoms in total. The van der Waals surface area contributed by atoms with Crippen molar-refractivity contribution >= 4 is 5.97 Å². The van der Waals surface area contributed by atoms with Crippen LogP contribution in [0.1, 0.15) is 94.9 Å². The van der Waals surface area contributed by atoms with E-state index in [1.807, 2.05) is 53.6 Å². The summed E-state index contributed by atoms with van der Waals surface area (Å²) in [5.41, 5.74) is -3.74. The molecule has 4 saturated heterocycles. The van der Waals surface area contributed by atoms with E-state index in [1.165, 1.54) is 7.11 Å². The molecule has 0 amide bonds. The van der Waals surface area contributed by atoms with Crippen molar-refractivity contribution in [2.24, 2.45) is 23.7 Å². The third kappa shape index (κ3) is 8.08. The van der Waals surface area contributed by atoms with E-state index >= 15 is 0 Å². The number of esters is 1. The van der Waals surface area contributed by atoms with Gasteiger partial charge in [0.15, 0.2) is 12.6 Å². The van der Waals surface area contributed by atoms with Gasteiger partial charge in [0.05, 0.1) is 53.7 Å². The highest BCUT2D eigenvalue weighted by Crippen LogP contribution is 2.46. The van der Waals surface area contributed by atoms with Gasteiger partial charge in [0.2, 0.25) is 0 Å². The van der Waals surface area contributed by atoms with Gasteiger partial charge in [0.25, 0.3) is 0 Å². The van der Waals surface area contributed by atoms with Gasteiger partial charge < -0.3 is 58.5 Å². The first-order valence-electron chi connectivity index (χ1n) is 18.6. The molecule has 19 atom stereocenters. The molecule has 2 bridgehead atoms. The summed E-state index contributed by atoms with van der Waals surface area (Å²) in [7, 11) is 5.31. The summed E-state index contributed by atoms with van der Waals surface area (Å²) in [6.07, 6.45) is -7.57. The normalized spacial score (nSPS) is 52.6. The zero-order valence-corrected chi connectivity index (χ0v) is 32.6. The molecule has 0 aliphatic carbocycles. The van der Waals surface area contributed by atoms with E-state index < -0.39 is 96.0 Å². The van der Waals surface area contributed by atoms with Crippen LogP contribution in [0.3, 0.4) is 0 Å². The van der Waals surface area contributed by atoms with Gasteiger partial charge in [-0.2, -0.15) is 0 Å². The van der Waals surface area contributed by atoms with Crippen LogP contribution in [0.2, 0.25) is 0 Å². The van der Waals surface area contributed by atoms with Gasteiger partial charge in [-0.25, -0.2) is 0 Å². The minimum atomic E-state index is -1.56. The Morgan fingerprint density at radius 2 is 1.56 bits per heavy atom. The molecule has 4 fully saturated rings. The SMILES string of the molecule is CC[C@H]1OC(=O)C(C)C(O[C@H]2C[C@@](C)(OC)[C@@H](O)[C@H](C)O2)[C@H](C)[C@@H](O[C@@H]2O[C@H](C)C[C@H](N(C)C)[C@H]2O)[C@](C)(O)C[C@@H](C)[C@@H]2O[C@@]1(C)[C@@H](O)[C@H]2C. The van der Waals surface area contributed by atoms with Crippen LogP contribution in [0.4, 0.5) is 0 Å². The summed E-state index contributed by atoms with van der Waals surface area (Å²) >= 11 is 0. The fraction of sp³-hybridized carbons (Fsp3) is 0.973. The molecular weight excluding hydrogens is 650 g/mol. The number of carbonyl (C=O) groups is 1. The minimum Gasteiger partial charge on any atom is -0.459 e. The molecule has 4 aliphatic heterocycles. The standard InChI is InChI=1S/C37H67NO12/c1-14-25-37(10)30(40)20(4)28(50-37)18(2)16-35(8,43)32(49-34-27(39)24(38(11)12)15-19(3)45-34)21(5)29(22(6)33(42)47-25)48-26-17-36(9,44-13)31(41)23(7)46-26/h18-32,34,39-41,43H,14-17H2,1-13H3/t18-,19-,20+,21+,22?,23+,24+,25-,26+,27-,28+,29?,30+,31+,32-,34+,35-,36-,37-/m1/s1. The molecule has 4 heterocycles. The number of cyclic esters (lactones) is 1. The molecule has 0 aromatic heterocycles. The summed E-state index contributed by atoms with van der Waals surface area (Å²) < 4.78 is 44.4. The third-order valence-corrected chi connectivity index (χ3v) is 12.4. The molecule has 0 spiro atoms. The van der Waals surface area contributed by atoms with Gasteiger partial charge in [-0.05, 0) is 80.8 Å². The van der Waals surface area contributed by atoms with E-state index in [0.717, 1.165) is 0 Å². The highest BCUT2D eigenvalue weighted by atomic mass is 16.7. The second kappa shape index (κ2) is 15.8. The number of methoxy groups -OCH3 is 1. The van der Waals surface area contributed by atoms with E-state index in [0.29, 0.717) is 12.8 Å². The Kier molecular flexibility index (Phi) is 13.2. The average molecular weight is 718 g/mol. The average Bonchev–Trinajstić information content (AvgIpc) is 3.28. The van der Waals surface area contributed by atoms with Crippen LogP contribution in [0, 0.1) is 23.7 Å². The first-order chi connectivity index (χ1) is 23.1. The largest absolute Gasteiger partial charge is 0.459 e. The highest BCUT2D eigenvalue weighted by molar-refractivity contribution is 5.73. The second-order valence-electron chi connectivity index (χ2n) is 16.8. The third-order valence-electron chi connectivity index (χ3n) is 12.4. The number of fused-ring (bicyclic) bond motifs is 2. The van der Waals surface area contributed by atoms with Crippen LogP contribution < -0.4 is 0 Å². The quantitative estimate of drug-likeness (QED) is 0.284. The summed E-state index contributed by atoms with van der Waals surface area (Å²) in [6.45, 7) is 18.3. The molecule has 50 heavy (non-hydrogen) atoms. The maximum Gasteiger partial charge on any atom is 0.311 e. The second-order valence-corrected chi connectivity index (χ2v) is 16.8. The molecule has 0 aromatic rings. The van der Waals surface area contributed by atoms with Crippen molar-refractivity contribution in [3.63, 3.8) is 0 Å². The fourth-order valence-electron chi connectivity index (χ4n) is 9.22. The Bertz CT molecular complexity index is 1140. The number of ether oxygens (including phenoxy) is 7. The monoisotopic (exact) mass is 717 g/mol. The fourth-order valence-corrected chi connectivity index (χ4v) is 9.22. The highest BCUT2D eigenvalue weighted by Gasteiger charge is 2.58. The van der Waals surface area contributed by atoms with Gasteiger partial charge in [-0.15, -0.1) is 0 Å². The number of hydrogen-bond donors (Lipinski definition) is 4. The molecule has 0 saturated carbocycles. The molecule has 4 N–H and O–H groups in total. The Labute approximate surface area is 299 Å². The van der Waals surface area contributed by atoms with Crippen molar-refractivity contribution in [3.8, 4) is 0 Å². The molecule has 292 valence electrons. The van der Waals surface area contributed by atoms with Crippen LogP contribution in [-0.2, 0) is 38.0 Å². The van der Waals surface area contributed by atoms with Gasteiger partial charge in [-0.1, -0.05) is 27.7 Å². The number of nitrogens with zero attached hydrogens (tertiary/aromatic N) is 1. The lowest BCUT2D eigenvalue weighted by Crippen LogP contribution is -2.60. The van der Waals surface area contributed by atoms with E-state index in [-0.39, 0.29) is 36.8 Å². The smallest absolute Gasteiger partial charge is 0.311 e. The van der Waals surface area contributed by atoms with Crippen molar-refractivity contribution in [1.82, 2.24) is 4.90 Å². The molecule has 4 rings (SSSR count). The Morgan fingerprint density at radius 1 is 0.920 bits per heavy atom. The zero-order chi connectivity index (χ0) is 37.7. The maximum atomic E-state index is 14.2. The lowest BCUT2D eigenvalue weighted by atomic mass is 9.75. The lowest BCUT2D eigenvalue weighted by Gasteiger charge is -2.49. The first kappa shape index (κ1) is 41.8. The Hall–Kier alpha value is -0.970. The Morgan fingerprint density at radius 3 is 2.14 bits per heavy atom. The summed E-state index contributed by atoms with van der Waals surface area (Å²) in [5, 5.41) is 46.5. The van der Waals surface area contributed by atoms with Crippen LogP contribution in [0.25, 0.3) is 0 Å². The van der Waals surface area contributed by atoms with E-state index in [2.05, 4.69) is 0 Å². The molecular formula is C37H67NO12. The predicted octanol–water partition coefficient (Wildman–Crippen LogP) is 2.62. The van der Waals surface area contributed by atoms with Gasteiger partial charge in [0, 0.05) is 31.4 Å². The van der Waals surface area contributed by atoms with Gasteiger partial charge >= 0.3 is 5.97 Å². The molecule has 4 aliphatic rings. The number of likely N-dealkylation sites (N-methyl/N-ethyl adjacent to an activating group) is 1. The minimum absolute atomic E-state index is 0.167. The summed E-state index contributed by atoms with van der Waals surface area (Å²) in [4.78, 5) is 16.1. The summed E-state index contributed by atoms with van der Waals surface area (Å²) in [6, 6.07) is -0.258. The van der Waals surface area contributed by atoms with E-state index in [4.69, 9.17) is 33.2 Å². The maximum absolute atomic E-state index is 14.2. The van der Waals surface area contributed by atoms with E-state index in [1.54, 1.807) is 34.6 Å². The summed E-state index contributed by atoms with van der Waals surface area (Å²) in [5.74, 6) is -2.76. The van der Waals surface area contributed by atoms with E-state index in [9.17, 15) is 25.2 Å². The number of hydrogen-bond acceptors (Lipinski definition) is 13. The van der Waals surface area contributed by atoms with Crippen molar-refractivity contribution in [2.75, 3.05) is 21.2 Å². The van der Waals surface area contributed by atoms with Crippen molar-refractivity contribution in [3.05, 3.63) is 0 Å². The molecule has 13 heteroatoms. The van der Waals surface area contributed by atoms with Crippen LogP contribution in [0.5, 0.6) is 0 Å². The number of aliphatic hydroxyl groups excluding tert-OH is 3. The van der Waals surface area contributed by atoms with Crippen molar-refractivity contribution in [1.29, 1.82) is 0 Å². The van der Waals surface area contributed by atoms with Crippen molar-refractivity contribution < 1.29 is 58.4 Å². The number of rotatable bonds is 7. The zero-order valence-electron chi connectivity index (χ0n) is 32.6. The Balaban J connectivity index is 1.81. The van der Waals surface area contributed by atoms with Crippen LogP contribution >= 0.6 is 0 Å². The van der Waals surface area contributed by atoms with Gasteiger partial charge in [-0.3, -0.25) is 4.79 Å². The van der Waals surface area contributed by atoms with Crippen LogP contribution in [0.15, 0.2) is 0 Å². The number of aliphatic hydroxyl groups is 4. The molecule has 2 unspecified atom stereocenters. The van der Waals surface area contributed by atoms with Gasteiger partial charge in [0.1, 0.15) is 23.9 Å². The molecule has 0 aromatic carbocycles. The predicted molar refractivity (Wildman–Crippen MR) is 184 cm³/mol.